The highest BCUT2D eigenvalue weighted by atomic mass is 35.5. The fourth-order valence-corrected chi connectivity index (χ4v) is 5.87. The van der Waals surface area contributed by atoms with Crippen molar-refractivity contribution < 1.29 is 22.7 Å². The second kappa shape index (κ2) is 10.2. The zero-order valence-electron chi connectivity index (χ0n) is 16.8. The number of rotatable bonds is 8. The number of likely N-dealkylation sites (tertiary alicyclic amines) is 2. The molecule has 11 heteroatoms. The largest absolute Gasteiger partial charge is 0.383 e. The van der Waals surface area contributed by atoms with E-state index in [4.69, 9.17) is 16.3 Å². The fraction of sp³-hybridized carbons (Fsp3) is 0.579. The first-order chi connectivity index (χ1) is 14.3. The smallest absolute Gasteiger partial charge is 0.242 e. The van der Waals surface area contributed by atoms with Gasteiger partial charge in [0.25, 0.3) is 0 Å². The lowest BCUT2D eigenvalue weighted by Gasteiger charge is -2.34. The van der Waals surface area contributed by atoms with Gasteiger partial charge in [-0.1, -0.05) is 11.6 Å². The van der Waals surface area contributed by atoms with E-state index in [9.17, 15) is 18.0 Å². The average Bonchev–Trinajstić information content (AvgIpc) is 3.32. The van der Waals surface area contributed by atoms with Gasteiger partial charge < -0.3 is 14.5 Å². The van der Waals surface area contributed by atoms with E-state index in [1.165, 1.54) is 22.3 Å². The van der Waals surface area contributed by atoms with Gasteiger partial charge >= 0.3 is 0 Å². The van der Waals surface area contributed by atoms with Crippen molar-refractivity contribution in [3.05, 3.63) is 26.8 Å². The van der Waals surface area contributed by atoms with Crippen LogP contribution in [0.2, 0.25) is 4.34 Å². The van der Waals surface area contributed by atoms with E-state index < -0.39 is 16.1 Å². The second-order valence-electron chi connectivity index (χ2n) is 7.40. The first kappa shape index (κ1) is 23.2. The Bertz CT molecular complexity index is 902. The Hall–Kier alpha value is -1.46. The van der Waals surface area contributed by atoms with Gasteiger partial charge in [0.1, 0.15) is 6.04 Å². The number of thiophene rings is 1. The quantitative estimate of drug-likeness (QED) is 0.619. The maximum absolute atomic E-state index is 12.8. The molecule has 2 aliphatic heterocycles. The lowest BCUT2D eigenvalue weighted by molar-refractivity contribution is -0.144. The first-order valence-corrected chi connectivity index (χ1v) is 12.6. The Morgan fingerprint density at radius 2 is 2.10 bits per heavy atom. The summed E-state index contributed by atoms with van der Waals surface area (Å²) in [7, 11) is -2.21. The number of hydrogen-bond donors (Lipinski definition) is 1. The van der Waals surface area contributed by atoms with Gasteiger partial charge in [-0.3, -0.25) is 9.59 Å². The molecule has 166 valence electrons. The highest BCUT2D eigenvalue weighted by Crippen LogP contribution is 2.23. The minimum atomic E-state index is -3.81. The molecule has 30 heavy (non-hydrogen) atoms. The molecule has 0 spiro atoms. The first-order valence-electron chi connectivity index (χ1n) is 9.82. The Labute approximate surface area is 185 Å². The minimum Gasteiger partial charge on any atom is -0.383 e. The van der Waals surface area contributed by atoms with Crippen LogP contribution >= 0.6 is 22.9 Å². The predicted octanol–water partition coefficient (Wildman–Crippen LogP) is 1.92. The Kier molecular flexibility index (Phi) is 7.92. The number of ether oxygens (including phenoxy) is 1. The van der Waals surface area contributed by atoms with Gasteiger partial charge in [-0.05, 0) is 43.9 Å². The molecule has 1 aromatic rings. The van der Waals surface area contributed by atoms with Gasteiger partial charge in [-0.2, -0.15) is 4.72 Å². The Morgan fingerprint density at radius 3 is 2.80 bits per heavy atom. The third kappa shape index (κ3) is 6.04. The topological polar surface area (TPSA) is 96.0 Å². The van der Waals surface area contributed by atoms with Crippen LogP contribution in [0.1, 0.15) is 30.6 Å². The number of carbonyl (C=O) groups excluding carboxylic acids is 2. The summed E-state index contributed by atoms with van der Waals surface area (Å²) in [5.74, 6) is -0.492. The van der Waals surface area contributed by atoms with Crippen molar-refractivity contribution in [3.63, 3.8) is 0 Å². The van der Waals surface area contributed by atoms with E-state index in [0.29, 0.717) is 41.8 Å². The van der Waals surface area contributed by atoms with E-state index in [1.54, 1.807) is 24.1 Å². The van der Waals surface area contributed by atoms with Gasteiger partial charge in [0.2, 0.25) is 21.8 Å². The van der Waals surface area contributed by atoms with Gasteiger partial charge in [0.05, 0.1) is 23.5 Å². The maximum atomic E-state index is 12.8. The second-order valence-corrected chi connectivity index (χ2v) is 10.7. The van der Waals surface area contributed by atoms with Crippen LogP contribution in [0.4, 0.5) is 0 Å². The number of methoxy groups -OCH3 is 1. The highest BCUT2D eigenvalue weighted by Gasteiger charge is 2.35. The molecule has 3 rings (SSSR count). The molecule has 8 nitrogen and oxygen atoms in total. The van der Waals surface area contributed by atoms with E-state index in [0.717, 1.165) is 18.2 Å². The molecule has 0 unspecified atom stereocenters. The SMILES string of the molecule is COC[C@H]1CCCN1C(=O)CN1CCC[C@H](NS(=O)(=O)C=Cc2ccc(Cl)s2)C1=O. The van der Waals surface area contributed by atoms with Gasteiger partial charge in [0.15, 0.2) is 0 Å². The van der Waals surface area contributed by atoms with Crippen LogP contribution in [0, 0.1) is 0 Å². The van der Waals surface area contributed by atoms with E-state index in [2.05, 4.69) is 4.72 Å². The number of piperidine rings is 1. The summed E-state index contributed by atoms with van der Waals surface area (Å²) in [5.41, 5.74) is 0. The number of nitrogens with one attached hydrogen (secondary N) is 1. The number of hydrogen-bond acceptors (Lipinski definition) is 6. The van der Waals surface area contributed by atoms with Crippen molar-refractivity contribution in [1.82, 2.24) is 14.5 Å². The number of amides is 2. The van der Waals surface area contributed by atoms with Crippen molar-refractivity contribution in [2.24, 2.45) is 0 Å². The molecule has 0 aliphatic carbocycles. The molecular weight excluding hydrogens is 450 g/mol. The monoisotopic (exact) mass is 475 g/mol. The molecule has 3 heterocycles. The number of nitrogens with zero attached hydrogens (tertiary/aromatic N) is 2. The van der Waals surface area contributed by atoms with Gasteiger partial charge in [-0.15, -0.1) is 11.3 Å². The molecule has 2 atom stereocenters. The molecule has 0 bridgehead atoms. The van der Waals surface area contributed by atoms with Crippen molar-refractivity contribution in [1.29, 1.82) is 0 Å². The van der Waals surface area contributed by atoms with E-state index in [1.807, 2.05) is 0 Å². The normalized spacial score (nSPS) is 22.9. The predicted molar refractivity (Wildman–Crippen MR) is 117 cm³/mol. The Balaban J connectivity index is 1.59. The van der Waals surface area contributed by atoms with Crippen LogP contribution in [-0.4, -0.2) is 75.5 Å². The van der Waals surface area contributed by atoms with Crippen LogP contribution in [0.25, 0.3) is 6.08 Å². The average molecular weight is 476 g/mol. The standard InChI is InChI=1S/C19H26ClN3O5S2/c1-28-13-14-4-2-10-23(14)18(24)12-22-9-3-5-16(19(22)25)21-30(26,27)11-8-15-6-7-17(20)29-15/h6-8,11,14,16,21H,2-5,9-10,12-13H2,1H3/t14-,16+/m1/s1. The van der Waals surface area contributed by atoms with Crippen molar-refractivity contribution in [2.75, 3.05) is 33.4 Å². The molecule has 2 saturated heterocycles. The summed E-state index contributed by atoms with van der Waals surface area (Å²) in [6.07, 6.45) is 4.27. The zero-order valence-corrected chi connectivity index (χ0v) is 19.1. The van der Waals surface area contributed by atoms with E-state index in [-0.39, 0.29) is 24.4 Å². The molecule has 1 N–H and O–H groups in total. The van der Waals surface area contributed by atoms with Crippen LogP contribution in [0.15, 0.2) is 17.5 Å². The summed E-state index contributed by atoms with van der Waals surface area (Å²) in [6.45, 7) is 1.53. The van der Waals surface area contributed by atoms with Gasteiger partial charge in [0, 0.05) is 30.5 Å². The molecule has 1 aromatic heterocycles. The summed E-state index contributed by atoms with van der Waals surface area (Å²) in [6, 6.07) is 2.56. The molecular formula is C19H26ClN3O5S2. The van der Waals surface area contributed by atoms with E-state index >= 15 is 0 Å². The zero-order chi connectivity index (χ0) is 21.7. The van der Waals surface area contributed by atoms with Gasteiger partial charge in [-0.25, -0.2) is 8.42 Å². The number of carbonyl (C=O) groups is 2. The number of sulfonamides is 1. The Morgan fingerprint density at radius 1 is 1.33 bits per heavy atom. The van der Waals surface area contributed by atoms with Crippen LogP contribution in [0.5, 0.6) is 0 Å². The summed E-state index contributed by atoms with van der Waals surface area (Å²) >= 11 is 7.11. The summed E-state index contributed by atoms with van der Waals surface area (Å²) < 4.78 is 33.0. The number of halogens is 1. The molecule has 0 radical (unpaired) electrons. The van der Waals surface area contributed by atoms with Crippen molar-refractivity contribution in [3.8, 4) is 0 Å². The lowest BCUT2D eigenvalue weighted by Crippen LogP contribution is -2.54. The van der Waals surface area contributed by atoms with Crippen LogP contribution in [0.3, 0.4) is 0 Å². The summed E-state index contributed by atoms with van der Waals surface area (Å²) in [4.78, 5) is 29.4. The highest BCUT2D eigenvalue weighted by molar-refractivity contribution is 7.92. The van der Waals surface area contributed by atoms with Crippen LogP contribution < -0.4 is 4.72 Å². The molecule has 2 aliphatic rings. The maximum Gasteiger partial charge on any atom is 0.242 e. The fourth-order valence-electron chi connectivity index (χ4n) is 3.80. The molecule has 2 fully saturated rings. The minimum absolute atomic E-state index is 0.0348. The van der Waals surface area contributed by atoms with Crippen molar-refractivity contribution >= 4 is 50.9 Å². The molecule has 0 saturated carbocycles. The molecule has 0 aromatic carbocycles. The molecule has 2 amide bonds. The third-order valence-electron chi connectivity index (χ3n) is 5.23. The van der Waals surface area contributed by atoms with Crippen molar-refractivity contribution in [2.45, 2.75) is 37.8 Å². The lowest BCUT2D eigenvalue weighted by atomic mass is 10.1. The summed E-state index contributed by atoms with van der Waals surface area (Å²) in [5, 5.41) is 1.03. The van der Waals surface area contributed by atoms with Crippen LogP contribution in [-0.2, 0) is 24.3 Å². The third-order valence-corrected chi connectivity index (χ3v) is 7.53.